The minimum absolute atomic E-state index is 0.166. The van der Waals surface area contributed by atoms with Gasteiger partial charge < -0.3 is 10.1 Å². The van der Waals surface area contributed by atoms with Crippen LogP contribution in [0.1, 0.15) is 24.8 Å². The van der Waals surface area contributed by atoms with Gasteiger partial charge in [0, 0.05) is 6.54 Å². The fraction of sp³-hybridized carbons (Fsp3) is 0.556. The van der Waals surface area contributed by atoms with Gasteiger partial charge in [0.05, 0.1) is 12.0 Å². The molecule has 0 saturated carbocycles. The van der Waals surface area contributed by atoms with Crippen LogP contribution >= 0.6 is 11.8 Å². The van der Waals surface area contributed by atoms with Crippen LogP contribution in [0.4, 0.5) is 0 Å². The molecule has 27 heavy (non-hydrogen) atoms. The first-order valence-electron chi connectivity index (χ1n) is 8.77. The van der Waals surface area contributed by atoms with Crippen LogP contribution in [0.15, 0.2) is 29.2 Å². The van der Waals surface area contributed by atoms with Crippen molar-refractivity contribution in [1.82, 2.24) is 9.62 Å². The normalized spacial score (nSPS) is 18.9. The van der Waals surface area contributed by atoms with E-state index in [1.807, 2.05) is 13.2 Å². The second-order valence-corrected chi connectivity index (χ2v) is 9.33. The molecule has 1 aromatic rings. The van der Waals surface area contributed by atoms with Gasteiger partial charge in [-0.25, -0.2) is 13.2 Å². The Morgan fingerprint density at radius 2 is 2.00 bits per heavy atom. The van der Waals surface area contributed by atoms with Gasteiger partial charge in [0.2, 0.25) is 15.9 Å². The maximum atomic E-state index is 13.0. The third kappa shape index (κ3) is 5.24. The molecule has 1 N–H and O–H groups in total. The molecule has 1 saturated heterocycles. The number of rotatable bonds is 8. The molecule has 2 atom stereocenters. The smallest absolute Gasteiger partial charge is 0.328 e. The number of hydrogen-bond acceptors (Lipinski definition) is 6. The number of esters is 1. The van der Waals surface area contributed by atoms with Crippen molar-refractivity contribution < 1.29 is 22.7 Å². The fourth-order valence-corrected chi connectivity index (χ4v) is 5.16. The number of nitrogens with zero attached hydrogens (tertiary/aromatic N) is 1. The average molecular weight is 415 g/mol. The van der Waals surface area contributed by atoms with Crippen LogP contribution < -0.4 is 5.32 Å². The number of carbonyl (C=O) groups is 2. The third-order valence-corrected chi connectivity index (χ3v) is 7.11. The number of amides is 1. The Morgan fingerprint density at radius 1 is 1.33 bits per heavy atom. The Kier molecular flexibility index (Phi) is 7.69. The minimum Gasteiger partial charge on any atom is -0.467 e. The summed E-state index contributed by atoms with van der Waals surface area (Å²) >= 11 is 1.56. The number of benzene rings is 1. The van der Waals surface area contributed by atoms with E-state index in [9.17, 15) is 18.0 Å². The van der Waals surface area contributed by atoms with Crippen molar-refractivity contribution in [1.29, 1.82) is 0 Å². The first-order valence-corrected chi connectivity index (χ1v) is 11.6. The number of hydrogen-bond donors (Lipinski definition) is 1. The van der Waals surface area contributed by atoms with E-state index in [0.717, 1.165) is 5.56 Å². The van der Waals surface area contributed by atoms with Crippen LogP contribution in [0.5, 0.6) is 0 Å². The standard InChI is InChI=1S/C18H26N2O5S2/c1-13-6-8-14(9-7-13)27(23,24)20-11-4-5-16(20)17(21)19-15(10-12-26-3)18(22)25-2/h6-9,15-16H,4-5,10-12H2,1-3H3,(H,19,21). The van der Waals surface area contributed by atoms with Crippen LogP contribution in [0.25, 0.3) is 0 Å². The number of carbonyl (C=O) groups excluding carboxylic acids is 2. The van der Waals surface area contributed by atoms with Gasteiger partial charge in [0.25, 0.3) is 0 Å². The Hall–Kier alpha value is -1.58. The topological polar surface area (TPSA) is 92.8 Å². The highest BCUT2D eigenvalue weighted by molar-refractivity contribution is 7.98. The highest BCUT2D eigenvalue weighted by atomic mass is 32.2. The molecule has 1 aliphatic heterocycles. The first kappa shape index (κ1) is 21.7. The highest BCUT2D eigenvalue weighted by Gasteiger charge is 2.40. The molecule has 9 heteroatoms. The Bertz CT molecular complexity index is 764. The van der Waals surface area contributed by atoms with Crippen LogP contribution in [0.2, 0.25) is 0 Å². The molecule has 0 bridgehead atoms. The summed E-state index contributed by atoms with van der Waals surface area (Å²) in [4.78, 5) is 24.8. The van der Waals surface area contributed by atoms with Gasteiger partial charge in [0.15, 0.2) is 0 Å². The number of nitrogens with one attached hydrogen (secondary N) is 1. The second kappa shape index (κ2) is 9.57. The summed E-state index contributed by atoms with van der Waals surface area (Å²) in [5, 5.41) is 2.67. The van der Waals surface area contributed by atoms with Crippen LogP contribution in [0.3, 0.4) is 0 Å². The molecular weight excluding hydrogens is 388 g/mol. The molecule has 1 aliphatic rings. The third-order valence-electron chi connectivity index (χ3n) is 4.55. The van der Waals surface area contributed by atoms with E-state index in [0.29, 0.717) is 25.0 Å². The van der Waals surface area contributed by atoms with Gasteiger partial charge in [-0.1, -0.05) is 17.7 Å². The molecule has 1 heterocycles. The largest absolute Gasteiger partial charge is 0.467 e. The van der Waals surface area contributed by atoms with Gasteiger partial charge in [-0.3, -0.25) is 4.79 Å². The molecule has 150 valence electrons. The molecule has 0 spiro atoms. The minimum atomic E-state index is -3.78. The zero-order valence-electron chi connectivity index (χ0n) is 15.8. The monoisotopic (exact) mass is 414 g/mol. The van der Waals surface area contributed by atoms with E-state index >= 15 is 0 Å². The summed E-state index contributed by atoms with van der Waals surface area (Å²) in [6.45, 7) is 2.16. The van der Waals surface area contributed by atoms with Gasteiger partial charge in [-0.05, 0) is 50.3 Å². The molecular formula is C18H26N2O5S2. The van der Waals surface area contributed by atoms with Crippen LogP contribution in [-0.4, -0.2) is 62.3 Å². The van der Waals surface area contributed by atoms with E-state index in [4.69, 9.17) is 4.74 Å². The fourth-order valence-electron chi connectivity index (χ4n) is 3.03. The summed E-state index contributed by atoms with van der Waals surface area (Å²) in [5.41, 5.74) is 0.958. The van der Waals surface area contributed by atoms with Gasteiger partial charge in [-0.15, -0.1) is 0 Å². The number of sulfonamides is 1. The van der Waals surface area contributed by atoms with Crippen LogP contribution in [0, 0.1) is 6.92 Å². The lowest BCUT2D eigenvalue weighted by Crippen LogP contribution is -2.51. The lowest BCUT2D eigenvalue weighted by Gasteiger charge is -2.25. The summed E-state index contributed by atoms with van der Waals surface area (Å²) in [6.07, 6.45) is 3.35. The number of thioether (sulfide) groups is 1. The van der Waals surface area contributed by atoms with Gasteiger partial charge in [-0.2, -0.15) is 16.1 Å². The number of methoxy groups -OCH3 is 1. The molecule has 2 unspecified atom stereocenters. The molecule has 7 nitrogen and oxygen atoms in total. The second-order valence-electron chi connectivity index (χ2n) is 6.45. The van der Waals surface area contributed by atoms with E-state index in [1.165, 1.54) is 11.4 Å². The quantitative estimate of drug-likeness (QED) is 0.649. The molecule has 1 aromatic carbocycles. The number of aryl methyl sites for hydroxylation is 1. The van der Waals surface area contributed by atoms with Crippen molar-refractivity contribution in [2.24, 2.45) is 0 Å². The van der Waals surface area contributed by atoms with Crippen molar-refractivity contribution in [2.45, 2.75) is 43.2 Å². The Morgan fingerprint density at radius 3 is 2.59 bits per heavy atom. The number of ether oxygens (including phenoxy) is 1. The lowest BCUT2D eigenvalue weighted by molar-refractivity contribution is -0.145. The van der Waals surface area contributed by atoms with Crippen molar-refractivity contribution in [3.05, 3.63) is 29.8 Å². The van der Waals surface area contributed by atoms with Gasteiger partial charge in [0.1, 0.15) is 12.1 Å². The van der Waals surface area contributed by atoms with Gasteiger partial charge >= 0.3 is 5.97 Å². The molecule has 0 aliphatic carbocycles. The molecule has 1 fully saturated rings. The zero-order valence-corrected chi connectivity index (χ0v) is 17.4. The summed E-state index contributed by atoms with van der Waals surface area (Å²) in [7, 11) is -2.51. The maximum Gasteiger partial charge on any atom is 0.328 e. The molecule has 0 radical (unpaired) electrons. The zero-order chi connectivity index (χ0) is 20.0. The van der Waals surface area contributed by atoms with Crippen molar-refractivity contribution >= 4 is 33.7 Å². The Balaban J connectivity index is 2.17. The van der Waals surface area contributed by atoms with Crippen molar-refractivity contribution in [3.63, 3.8) is 0 Å². The van der Waals surface area contributed by atoms with E-state index in [-0.39, 0.29) is 11.4 Å². The summed E-state index contributed by atoms with van der Waals surface area (Å²) in [6, 6.07) is 4.96. The first-order chi connectivity index (χ1) is 12.8. The summed E-state index contributed by atoms with van der Waals surface area (Å²) in [5.74, 6) is -0.307. The Labute approximate surface area is 164 Å². The highest BCUT2D eigenvalue weighted by Crippen LogP contribution is 2.26. The SMILES string of the molecule is COC(=O)C(CCSC)NC(=O)C1CCCN1S(=O)(=O)c1ccc(C)cc1. The van der Waals surface area contributed by atoms with E-state index < -0.39 is 34.0 Å². The predicted molar refractivity (Wildman–Crippen MR) is 105 cm³/mol. The van der Waals surface area contributed by atoms with E-state index in [1.54, 1.807) is 36.0 Å². The maximum absolute atomic E-state index is 13.0. The molecule has 0 aromatic heterocycles. The lowest BCUT2D eigenvalue weighted by atomic mass is 10.1. The average Bonchev–Trinajstić information content (AvgIpc) is 3.15. The predicted octanol–water partition coefficient (Wildman–Crippen LogP) is 1.56. The van der Waals surface area contributed by atoms with Crippen molar-refractivity contribution in [3.8, 4) is 0 Å². The van der Waals surface area contributed by atoms with Crippen LogP contribution in [-0.2, 0) is 24.3 Å². The van der Waals surface area contributed by atoms with E-state index in [2.05, 4.69) is 5.32 Å². The van der Waals surface area contributed by atoms with Crippen molar-refractivity contribution in [2.75, 3.05) is 25.7 Å². The molecule has 1 amide bonds. The summed E-state index contributed by atoms with van der Waals surface area (Å²) < 4.78 is 31.9. The molecule has 2 rings (SSSR count).